The van der Waals surface area contributed by atoms with E-state index in [4.69, 9.17) is 0 Å². The van der Waals surface area contributed by atoms with Gasteiger partial charge in [0.1, 0.15) is 0 Å². The first-order valence-corrected chi connectivity index (χ1v) is 6.99. The molecule has 0 fully saturated rings. The van der Waals surface area contributed by atoms with Crippen molar-refractivity contribution in [2.75, 3.05) is 0 Å². The quantitative estimate of drug-likeness (QED) is 0.629. The second-order valence-electron chi connectivity index (χ2n) is 6.05. The molecule has 1 atom stereocenters. The van der Waals surface area contributed by atoms with Gasteiger partial charge in [-0.2, -0.15) is 0 Å². The number of allylic oxidation sites excluding steroid dienone is 3. The minimum Gasteiger partial charge on any atom is -0.0992 e. The van der Waals surface area contributed by atoms with Gasteiger partial charge in [-0.15, -0.1) is 0 Å². The lowest BCUT2D eigenvalue weighted by molar-refractivity contribution is 0.480. The molecule has 0 heteroatoms. The summed E-state index contributed by atoms with van der Waals surface area (Å²) < 4.78 is 0. The van der Waals surface area contributed by atoms with Crippen molar-refractivity contribution in [2.24, 2.45) is 5.92 Å². The Morgan fingerprint density at radius 3 is 2.61 bits per heavy atom. The molecular weight excluding hydrogens is 216 g/mol. The van der Waals surface area contributed by atoms with Crippen molar-refractivity contribution >= 4 is 0 Å². The molecule has 0 nitrogen and oxygen atoms in total. The van der Waals surface area contributed by atoms with Crippen molar-refractivity contribution in [3.8, 4) is 0 Å². The maximum absolute atomic E-state index is 4.34. The van der Waals surface area contributed by atoms with E-state index in [1.54, 1.807) is 0 Å². The van der Waals surface area contributed by atoms with Crippen LogP contribution in [0.1, 0.15) is 45.1 Å². The second kappa shape index (κ2) is 5.56. The first kappa shape index (κ1) is 13.1. The van der Waals surface area contributed by atoms with Gasteiger partial charge in [0.2, 0.25) is 0 Å². The van der Waals surface area contributed by atoms with E-state index in [0.717, 1.165) is 6.42 Å². The average molecular weight is 240 g/mol. The molecule has 0 bridgehead atoms. The molecule has 1 aromatic carbocycles. The van der Waals surface area contributed by atoms with Crippen LogP contribution in [0.5, 0.6) is 0 Å². The summed E-state index contributed by atoms with van der Waals surface area (Å²) in [4.78, 5) is 0. The van der Waals surface area contributed by atoms with Gasteiger partial charge in [-0.25, -0.2) is 0 Å². The van der Waals surface area contributed by atoms with E-state index in [1.807, 2.05) is 0 Å². The summed E-state index contributed by atoms with van der Waals surface area (Å²) in [5.41, 5.74) is 2.98. The minimum atomic E-state index is 0.184. The molecule has 0 radical (unpaired) electrons. The lowest BCUT2D eigenvalue weighted by Crippen LogP contribution is -2.20. The summed E-state index contributed by atoms with van der Waals surface area (Å²) in [5, 5.41) is 0. The van der Waals surface area contributed by atoms with E-state index in [1.165, 1.54) is 30.4 Å². The number of benzene rings is 1. The minimum absolute atomic E-state index is 0.184. The lowest BCUT2D eigenvalue weighted by atomic mass is 9.75. The average Bonchev–Trinajstić information content (AvgIpc) is 2.40. The maximum Gasteiger partial charge on any atom is -0.00255 e. The van der Waals surface area contributed by atoms with Crippen LogP contribution in [0.2, 0.25) is 0 Å². The second-order valence-corrected chi connectivity index (χ2v) is 6.05. The fourth-order valence-electron chi connectivity index (χ4n) is 2.84. The van der Waals surface area contributed by atoms with Gasteiger partial charge in [-0.3, -0.25) is 0 Å². The SMILES string of the molecule is C=C(CC(C)(C)c1ccccc1)C1C=CCCC1. The van der Waals surface area contributed by atoms with Crippen LogP contribution in [-0.4, -0.2) is 0 Å². The topological polar surface area (TPSA) is 0 Å². The normalized spacial score (nSPS) is 19.8. The molecule has 2 rings (SSSR count). The molecule has 18 heavy (non-hydrogen) atoms. The van der Waals surface area contributed by atoms with E-state index in [-0.39, 0.29) is 5.41 Å². The molecule has 0 N–H and O–H groups in total. The van der Waals surface area contributed by atoms with E-state index < -0.39 is 0 Å². The summed E-state index contributed by atoms with van der Waals surface area (Å²) in [6.07, 6.45) is 9.58. The highest BCUT2D eigenvalue weighted by Gasteiger charge is 2.24. The summed E-state index contributed by atoms with van der Waals surface area (Å²) in [6, 6.07) is 10.8. The smallest absolute Gasteiger partial charge is 0.00255 e. The Kier molecular flexibility index (Phi) is 4.06. The molecule has 0 saturated heterocycles. The predicted molar refractivity (Wildman–Crippen MR) is 79.7 cm³/mol. The molecule has 0 heterocycles. The molecule has 0 amide bonds. The van der Waals surface area contributed by atoms with Gasteiger partial charge < -0.3 is 0 Å². The van der Waals surface area contributed by atoms with Crippen molar-refractivity contribution < 1.29 is 0 Å². The number of rotatable bonds is 4. The Labute approximate surface area is 111 Å². The van der Waals surface area contributed by atoms with Crippen LogP contribution in [0.25, 0.3) is 0 Å². The van der Waals surface area contributed by atoms with Crippen LogP contribution in [0.4, 0.5) is 0 Å². The molecule has 96 valence electrons. The summed E-state index contributed by atoms with van der Waals surface area (Å²) in [6.45, 7) is 8.98. The Morgan fingerprint density at radius 1 is 1.28 bits per heavy atom. The van der Waals surface area contributed by atoms with Crippen LogP contribution < -0.4 is 0 Å². The third-order valence-corrected chi connectivity index (χ3v) is 4.00. The van der Waals surface area contributed by atoms with Gasteiger partial charge in [-0.05, 0) is 42.6 Å². The van der Waals surface area contributed by atoms with Crippen molar-refractivity contribution in [3.05, 3.63) is 60.2 Å². The zero-order valence-corrected chi connectivity index (χ0v) is 11.7. The van der Waals surface area contributed by atoms with Gasteiger partial charge in [-0.1, -0.05) is 68.5 Å². The lowest BCUT2D eigenvalue weighted by Gasteiger charge is -2.29. The van der Waals surface area contributed by atoms with Crippen LogP contribution in [0.3, 0.4) is 0 Å². The van der Waals surface area contributed by atoms with Gasteiger partial charge in [0.05, 0.1) is 0 Å². The van der Waals surface area contributed by atoms with Crippen LogP contribution in [0.15, 0.2) is 54.6 Å². The Morgan fingerprint density at radius 2 is 2.00 bits per heavy atom. The van der Waals surface area contributed by atoms with Gasteiger partial charge in [0.25, 0.3) is 0 Å². The van der Waals surface area contributed by atoms with Crippen LogP contribution >= 0.6 is 0 Å². The molecule has 1 unspecified atom stereocenters. The standard InChI is InChI=1S/C18H24/c1-15(16-10-6-4-7-11-16)14-18(2,3)17-12-8-5-9-13-17/h5-6,8-10,12-13,16H,1,4,7,11,14H2,2-3H3. The molecule has 0 spiro atoms. The summed E-state index contributed by atoms with van der Waals surface area (Å²) in [7, 11) is 0. The third-order valence-electron chi connectivity index (χ3n) is 4.00. The maximum atomic E-state index is 4.34. The Bertz CT molecular complexity index is 423. The van der Waals surface area contributed by atoms with Crippen LogP contribution in [0, 0.1) is 5.92 Å². The molecule has 0 aliphatic heterocycles. The number of hydrogen-bond acceptors (Lipinski definition) is 0. The predicted octanol–water partition coefficient (Wildman–Crippen LogP) is 5.27. The van der Waals surface area contributed by atoms with E-state index in [9.17, 15) is 0 Å². The molecule has 1 aliphatic rings. The van der Waals surface area contributed by atoms with Gasteiger partial charge in [0.15, 0.2) is 0 Å². The zero-order chi connectivity index (χ0) is 13.0. The molecule has 0 aromatic heterocycles. The van der Waals surface area contributed by atoms with Crippen molar-refractivity contribution in [3.63, 3.8) is 0 Å². The number of hydrogen-bond donors (Lipinski definition) is 0. The molecule has 0 saturated carbocycles. The highest BCUT2D eigenvalue weighted by molar-refractivity contribution is 5.27. The van der Waals surface area contributed by atoms with Gasteiger partial charge >= 0.3 is 0 Å². The highest BCUT2D eigenvalue weighted by Crippen LogP contribution is 2.35. The van der Waals surface area contributed by atoms with Gasteiger partial charge in [0, 0.05) is 0 Å². The Balaban J connectivity index is 2.06. The summed E-state index contributed by atoms with van der Waals surface area (Å²) >= 11 is 0. The van der Waals surface area contributed by atoms with Crippen LogP contribution in [-0.2, 0) is 5.41 Å². The highest BCUT2D eigenvalue weighted by atomic mass is 14.3. The van der Waals surface area contributed by atoms with E-state index in [2.05, 4.69) is 62.9 Å². The van der Waals surface area contributed by atoms with E-state index >= 15 is 0 Å². The Hall–Kier alpha value is -1.30. The zero-order valence-electron chi connectivity index (χ0n) is 11.7. The van der Waals surface area contributed by atoms with Crippen molar-refractivity contribution in [1.82, 2.24) is 0 Å². The van der Waals surface area contributed by atoms with Crippen molar-refractivity contribution in [1.29, 1.82) is 0 Å². The fraction of sp³-hybridized carbons (Fsp3) is 0.444. The molecule has 1 aliphatic carbocycles. The summed E-state index contributed by atoms with van der Waals surface area (Å²) in [5.74, 6) is 0.599. The third kappa shape index (κ3) is 3.13. The first-order chi connectivity index (χ1) is 8.59. The van der Waals surface area contributed by atoms with Crippen molar-refractivity contribution in [2.45, 2.75) is 44.9 Å². The molecule has 1 aromatic rings. The largest absolute Gasteiger partial charge is 0.0992 e. The first-order valence-electron chi connectivity index (χ1n) is 6.99. The fourth-order valence-corrected chi connectivity index (χ4v) is 2.84. The monoisotopic (exact) mass is 240 g/mol. The van der Waals surface area contributed by atoms with E-state index in [0.29, 0.717) is 5.92 Å². The molecular formula is C18H24.